The minimum Gasteiger partial charge on any atom is -0.548 e. The number of aromatic nitrogens is 1. The van der Waals surface area contributed by atoms with Gasteiger partial charge in [-0.05, 0) is 61.2 Å². The maximum atomic E-state index is 12.8. The van der Waals surface area contributed by atoms with Gasteiger partial charge < -0.3 is 34.5 Å². The van der Waals surface area contributed by atoms with Crippen molar-refractivity contribution < 1.29 is 29.0 Å². The Hall–Kier alpha value is -4.27. The van der Waals surface area contributed by atoms with Crippen LogP contribution in [-0.4, -0.2) is 34.1 Å². The largest absolute Gasteiger partial charge is 0.548 e. The topological polar surface area (TPSA) is 145 Å². The number of ether oxygens (including phenoxy) is 1. The number of phenols is 1. The smallest absolute Gasteiger partial charge is 0.336 e. The van der Waals surface area contributed by atoms with Crippen molar-refractivity contribution >= 4 is 33.7 Å². The number of nitrogens with one attached hydrogen (secondary N) is 2. The van der Waals surface area contributed by atoms with Gasteiger partial charge in [0.15, 0.2) is 6.10 Å². The van der Waals surface area contributed by atoms with Crippen LogP contribution in [0.15, 0.2) is 57.9 Å². The van der Waals surface area contributed by atoms with Gasteiger partial charge in [0.2, 0.25) is 0 Å². The van der Waals surface area contributed by atoms with E-state index in [9.17, 15) is 24.6 Å². The highest BCUT2D eigenvalue weighted by atomic mass is 16.5. The van der Waals surface area contributed by atoms with Gasteiger partial charge in [-0.25, -0.2) is 4.79 Å². The van der Waals surface area contributed by atoms with Crippen LogP contribution in [0.4, 0.5) is 0 Å². The summed E-state index contributed by atoms with van der Waals surface area (Å²) in [6, 6.07) is 9.89. The quantitative estimate of drug-likeness (QED) is 0.289. The van der Waals surface area contributed by atoms with Gasteiger partial charge in [0.25, 0.3) is 5.91 Å². The van der Waals surface area contributed by atoms with Gasteiger partial charge in [-0.15, -0.1) is 0 Å². The maximum Gasteiger partial charge on any atom is 0.336 e. The Labute approximate surface area is 206 Å². The first kappa shape index (κ1) is 24.8. The summed E-state index contributed by atoms with van der Waals surface area (Å²) in [4.78, 5) is 39.5. The van der Waals surface area contributed by atoms with Crippen LogP contribution in [-0.2, 0) is 22.4 Å². The Bertz CT molecular complexity index is 1470. The van der Waals surface area contributed by atoms with Crippen LogP contribution in [0.3, 0.4) is 0 Å². The number of benzene rings is 2. The Morgan fingerprint density at radius 3 is 2.69 bits per heavy atom. The van der Waals surface area contributed by atoms with Crippen molar-refractivity contribution in [1.82, 2.24) is 10.3 Å². The molecule has 0 fully saturated rings. The molecule has 0 saturated carbocycles. The van der Waals surface area contributed by atoms with E-state index >= 15 is 0 Å². The molecule has 4 aromatic rings. The standard InChI is InChI=1S/C27H28N2O7/c1-3-4-5-16-11-25(31)36-24-13-19(7-8-20(16)24)35-15(2)26(32)29-23(27(33)34)10-17-14-28-22-9-6-18(30)12-21(17)22/h6-9,11-15,23,28,30H,3-5,10H2,1-2H3,(H,29,32)(H,33,34)/p-1/t15-,23-/m0/s1. The van der Waals surface area contributed by atoms with E-state index in [1.54, 1.807) is 30.5 Å². The Morgan fingerprint density at radius 2 is 1.94 bits per heavy atom. The third-order valence-electron chi connectivity index (χ3n) is 6.06. The molecule has 36 heavy (non-hydrogen) atoms. The lowest BCUT2D eigenvalue weighted by Gasteiger charge is -2.22. The Morgan fingerprint density at radius 1 is 1.14 bits per heavy atom. The van der Waals surface area contributed by atoms with Crippen molar-refractivity contribution in [2.24, 2.45) is 0 Å². The summed E-state index contributed by atoms with van der Waals surface area (Å²) < 4.78 is 11.0. The SMILES string of the molecule is CCCCc1cc(=O)oc2cc(O[C@@H](C)C(=O)N[C@@H](Cc3c[nH]c4ccc(O)cc34)C(=O)[O-])ccc12. The lowest BCUT2D eigenvalue weighted by atomic mass is 10.0. The van der Waals surface area contributed by atoms with Crippen LogP contribution in [0.1, 0.15) is 37.8 Å². The predicted molar refractivity (Wildman–Crippen MR) is 132 cm³/mol. The highest BCUT2D eigenvalue weighted by Gasteiger charge is 2.22. The number of aromatic hydroxyl groups is 1. The molecule has 2 atom stereocenters. The zero-order valence-corrected chi connectivity index (χ0v) is 20.0. The molecule has 2 aromatic heterocycles. The molecule has 0 unspecified atom stereocenters. The van der Waals surface area contributed by atoms with E-state index in [0.29, 0.717) is 22.3 Å². The number of hydrogen-bond acceptors (Lipinski definition) is 7. The maximum absolute atomic E-state index is 12.8. The summed E-state index contributed by atoms with van der Waals surface area (Å²) in [7, 11) is 0. The van der Waals surface area contributed by atoms with E-state index in [1.165, 1.54) is 25.1 Å². The number of rotatable bonds is 10. The molecule has 0 radical (unpaired) electrons. The van der Waals surface area contributed by atoms with Crippen LogP contribution in [0.2, 0.25) is 0 Å². The predicted octanol–water partition coefficient (Wildman–Crippen LogP) is 2.57. The van der Waals surface area contributed by atoms with Gasteiger partial charge in [0.05, 0.1) is 12.0 Å². The molecule has 188 valence electrons. The van der Waals surface area contributed by atoms with E-state index in [-0.39, 0.29) is 12.2 Å². The fourth-order valence-corrected chi connectivity index (χ4v) is 4.15. The molecule has 4 rings (SSSR count). The number of carbonyl (C=O) groups excluding carboxylic acids is 2. The molecule has 0 aliphatic heterocycles. The minimum absolute atomic E-state index is 0.0445. The zero-order valence-electron chi connectivity index (χ0n) is 20.0. The van der Waals surface area contributed by atoms with Gasteiger partial charge in [-0.2, -0.15) is 0 Å². The molecular formula is C27H27N2O7-. The van der Waals surface area contributed by atoms with E-state index < -0.39 is 29.6 Å². The summed E-state index contributed by atoms with van der Waals surface area (Å²) >= 11 is 0. The molecule has 0 bridgehead atoms. The second kappa shape index (κ2) is 10.6. The van der Waals surface area contributed by atoms with E-state index in [2.05, 4.69) is 17.2 Å². The summed E-state index contributed by atoms with van der Waals surface area (Å²) in [5.41, 5.74) is 2.12. The first-order chi connectivity index (χ1) is 17.2. The van der Waals surface area contributed by atoms with Crippen LogP contribution in [0.5, 0.6) is 11.5 Å². The molecule has 3 N–H and O–H groups in total. The van der Waals surface area contributed by atoms with Crippen LogP contribution in [0, 0.1) is 0 Å². The second-order valence-electron chi connectivity index (χ2n) is 8.74. The lowest BCUT2D eigenvalue weighted by Crippen LogP contribution is -2.52. The molecule has 2 aromatic carbocycles. The molecule has 0 spiro atoms. The van der Waals surface area contributed by atoms with Gasteiger partial charge in [-0.1, -0.05) is 13.3 Å². The number of aliphatic carboxylic acids is 1. The molecule has 9 heteroatoms. The number of carboxylic acid groups (broad SMARTS) is 1. The summed E-state index contributed by atoms with van der Waals surface area (Å²) in [6.07, 6.45) is 3.22. The number of fused-ring (bicyclic) bond motifs is 2. The van der Waals surface area contributed by atoms with Crippen molar-refractivity contribution in [3.05, 3.63) is 70.2 Å². The highest BCUT2D eigenvalue weighted by molar-refractivity contribution is 5.88. The molecule has 9 nitrogen and oxygen atoms in total. The Kier molecular flexibility index (Phi) is 7.28. The first-order valence-corrected chi connectivity index (χ1v) is 11.8. The highest BCUT2D eigenvalue weighted by Crippen LogP contribution is 2.25. The van der Waals surface area contributed by atoms with Gasteiger partial charge in [0.1, 0.15) is 17.1 Å². The summed E-state index contributed by atoms with van der Waals surface area (Å²) in [5, 5.41) is 25.4. The summed E-state index contributed by atoms with van der Waals surface area (Å²) in [6.45, 7) is 3.56. The monoisotopic (exact) mass is 491 g/mol. The van der Waals surface area contributed by atoms with Crippen LogP contribution < -0.4 is 20.8 Å². The lowest BCUT2D eigenvalue weighted by molar-refractivity contribution is -0.308. The normalized spacial score (nSPS) is 12.9. The van der Waals surface area contributed by atoms with Crippen molar-refractivity contribution in [2.75, 3.05) is 0 Å². The molecule has 1 amide bonds. The average molecular weight is 492 g/mol. The molecule has 0 aliphatic carbocycles. The molecule has 2 heterocycles. The first-order valence-electron chi connectivity index (χ1n) is 11.8. The average Bonchev–Trinajstić information content (AvgIpc) is 3.23. The number of unbranched alkanes of at least 4 members (excludes halogenated alkanes) is 1. The second-order valence-corrected chi connectivity index (χ2v) is 8.74. The van der Waals surface area contributed by atoms with Gasteiger partial charge in [-0.3, -0.25) is 4.79 Å². The number of amides is 1. The van der Waals surface area contributed by atoms with Gasteiger partial charge in [0, 0.05) is 41.0 Å². The zero-order chi connectivity index (χ0) is 25.8. The van der Waals surface area contributed by atoms with Crippen molar-refractivity contribution in [3.8, 4) is 11.5 Å². The summed E-state index contributed by atoms with van der Waals surface area (Å²) in [5.74, 6) is -1.75. The molecular weight excluding hydrogens is 464 g/mol. The number of H-pyrrole nitrogens is 1. The number of carbonyl (C=O) groups is 2. The fourth-order valence-electron chi connectivity index (χ4n) is 4.15. The molecule has 0 aliphatic rings. The van der Waals surface area contributed by atoms with Crippen molar-refractivity contribution in [3.63, 3.8) is 0 Å². The molecule has 0 saturated heterocycles. The number of aryl methyl sites for hydroxylation is 1. The van der Waals surface area contributed by atoms with Crippen molar-refractivity contribution in [1.29, 1.82) is 0 Å². The minimum atomic E-state index is -1.45. The van der Waals surface area contributed by atoms with E-state index in [1.807, 2.05) is 0 Å². The van der Waals surface area contributed by atoms with Crippen LogP contribution >= 0.6 is 0 Å². The van der Waals surface area contributed by atoms with Gasteiger partial charge >= 0.3 is 5.63 Å². The fraction of sp³-hybridized carbons (Fsp3) is 0.296. The number of phenolic OH excluding ortho intramolecular Hbond substituents is 1. The number of aromatic amines is 1. The third-order valence-corrected chi connectivity index (χ3v) is 6.06. The Balaban J connectivity index is 1.47. The van der Waals surface area contributed by atoms with Crippen molar-refractivity contribution in [2.45, 2.75) is 51.7 Å². The van der Waals surface area contributed by atoms with Crippen LogP contribution in [0.25, 0.3) is 21.9 Å². The van der Waals surface area contributed by atoms with E-state index in [0.717, 1.165) is 35.7 Å². The number of hydrogen-bond donors (Lipinski definition) is 3. The number of carboxylic acids is 1. The van der Waals surface area contributed by atoms with E-state index in [4.69, 9.17) is 9.15 Å². The third kappa shape index (κ3) is 5.51.